The van der Waals surface area contributed by atoms with Crippen LogP contribution in [0.5, 0.6) is 0 Å². The highest BCUT2D eigenvalue weighted by atomic mass is 79.9. The standard InChI is InChI=1S/C10H11BrClN/c1-2-13-5-7-3-8(11)4-10(12)9(7)6-13/h3-4H,2,5-6H2,1H3. The topological polar surface area (TPSA) is 3.24 Å². The van der Waals surface area contributed by atoms with Gasteiger partial charge in [0.05, 0.1) is 0 Å². The van der Waals surface area contributed by atoms with E-state index in [4.69, 9.17) is 11.6 Å². The summed E-state index contributed by atoms with van der Waals surface area (Å²) in [5.41, 5.74) is 2.66. The third-order valence-electron chi connectivity index (χ3n) is 2.48. The Hall–Kier alpha value is -0.0500. The summed E-state index contributed by atoms with van der Waals surface area (Å²) in [7, 11) is 0. The van der Waals surface area contributed by atoms with Gasteiger partial charge in [-0.2, -0.15) is 0 Å². The Morgan fingerprint density at radius 3 is 2.92 bits per heavy atom. The van der Waals surface area contributed by atoms with E-state index in [-0.39, 0.29) is 0 Å². The molecule has 0 bridgehead atoms. The average Bonchev–Trinajstić information content (AvgIpc) is 2.47. The molecule has 3 heteroatoms. The van der Waals surface area contributed by atoms with Crippen molar-refractivity contribution in [3.8, 4) is 0 Å². The van der Waals surface area contributed by atoms with E-state index < -0.39 is 0 Å². The molecule has 1 nitrogen and oxygen atoms in total. The van der Waals surface area contributed by atoms with Gasteiger partial charge in [0.15, 0.2) is 0 Å². The zero-order valence-corrected chi connectivity index (χ0v) is 9.82. The maximum absolute atomic E-state index is 6.14. The van der Waals surface area contributed by atoms with Gasteiger partial charge in [0.25, 0.3) is 0 Å². The van der Waals surface area contributed by atoms with Gasteiger partial charge >= 0.3 is 0 Å². The molecule has 70 valence electrons. The Labute approximate surface area is 91.8 Å². The fourth-order valence-corrected chi connectivity index (χ4v) is 2.65. The third-order valence-corrected chi connectivity index (χ3v) is 3.27. The molecule has 0 amide bonds. The third kappa shape index (κ3) is 1.76. The predicted molar refractivity (Wildman–Crippen MR) is 58.9 cm³/mol. The molecule has 0 saturated heterocycles. The van der Waals surface area contributed by atoms with Crippen molar-refractivity contribution in [3.63, 3.8) is 0 Å². The quantitative estimate of drug-likeness (QED) is 0.748. The van der Waals surface area contributed by atoms with Crippen LogP contribution in [0.2, 0.25) is 5.02 Å². The van der Waals surface area contributed by atoms with Gasteiger partial charge < -0.3 is 0 Å². The van der Waals surface area contributed by atoms with Gasteiger partial charge in [-0.05, 0) is 29.8 Å². The lowest BCUT2D eigenvalue weighted by Gasteiger charge is -2.09. The van der Waals surface area contributed by atoms with Crippen LogP contribution < -0.4 is 0 Å². The van der Waals surface area contributed by atoms with Crippen LogP contribution in [0.1, 0.15) is 18.1 Å². The summed E-state index contributed by atoms with van der Waals surface area (Å²) in [5.74, 6) is 0. The number of benzene rings is 1. The van der Waals surface area contributed by atoms with E-state index >= 15 is 0 Å². The van der Waals surface area contributed by atoms with Crippen molar-refractivity contribution in [3.05, 3.63) is 32.8 Å². The first-order valence-electron chi connectivity index (χ1n) is 4.40. The summed E-state index contributed by atoms with van der Waals surface area (Å²) in [6.45, 7) is 5.29. The first-order valence-corrected chi connectivity index (χ1v) is 5.57. The minimum atomic E-state index is 0.889. The molecule has 1 aliphatic rings. The number of rotatable bonds is 1. The van der Waals surface area contributed by atoms with Crippen molar-refractivity contribution in [1.29, 1.82) is 0 Å². The molecule has 0 unspecified atom stereocenters. The summed E-state index contributed by atoms with van der Waals surface area (Å²) in [5, 5.41) is 0.889. The van der Waals surface area contributed by atoms with Gasteiger partial charge in [0.2, 0.25) is 0 Å². The molecule has 2 rings (SSSR count). The van der Waals surface area contributed by atoms with Gasteiger partial charge in [0.1, 0.15) is 0 Å². The van der Waals surface area contributed by atoms with Crippen molar-refractivity contribution in [2.75, 3.05) is 6.54 Å². The first-order chi connectivity index (χ1) is 6.20. The second-order valence-corrected chi connectivity index (χ2v) is 4.65. The number of halogens is 2. The van der Waals surface area contributed by atoms with Crippen LogP contribution in [-0.2, 0) is 13.1 Å². The van der Waals surface area contributed by atoms with Crippen LogP contribution in [0, 0.1) is 0 Å². The fraction of sp³-hybridized carbons (Fsp3) is 0.400. The second kappa shape index (κ2) is 3.60. The van der Waals surface area contributed by atoms with E-state index in [9.17, 15) is 0 Å². The van der Waals surface area contributed by atoms with Crippen LogP contribution in [0.25, 0.3) is 0 Å². The van der Waals surface area contributed by atoms with E-state index in [1.165, 1.54) is 11.1 Å². The lowest BCUT2D eigenvalue weighted by atomic mass is 10.1. The minimum absolute atomic E-state index is 0.889. The van der Waals surface area contributed by atoms with Gasteiger partial charge in [-0.1, -0.05) is 34.5 Å². The van der Waals surface area contributed by atoms with E-state index in [0.717, 1.165) is 29.1 Å². The number of hydrogen-bond acceptors (Lipinski definition) is 1. The van der Waals surface area contributed by atoms with Crippen molar-refractivity contribution in [2.45, 2.75) is 20.0 Å². The average molecular weight is 261 g/mol. The summed E-state index contributed by atoms with van der Waals surface area (Å²) in [6, 6.07) is 4.14. The molecular weight excluding hydrogens is 249 g/mol. The van der Waals surface area contributed by atoms with Crippen LogP contribution in [0.3, 0.4) is 0 Å². The van der Waals surface area contributed by atoms with Crippen molar-refractivity contribution >= 4 is 27.5 Å². The van der Waals surface area contributed by atoms with Crippen molar-refractivity contribution in [1.82, 2.24) is 4.90 Å². The fourth-order valence-electron chi connectivity index (χ4n) is 1.72. The maximum Gasteiger partial charge on any atom is 0.0465 e. The normalized spacial score (nSPS) is 16.2. The molecular formula is C10H11BrClN. The molecule has 0 atom stereocenters. The van der Waals surface area contributed by atoms with Gasteiger partial charge in [-0.25, -0.2) is 0 Å². The zero-order valence-electron chi connectivity index (χ0n) is 7.48. The Morgan fingerprint density at radius 1 is 1.46 bits per heavy atom. The molecule has 0 aromatic heterocycles. The lowest BCUT2D eigenvalue weighted by molar-refractivity contribution is 0.301. The largest absolute Gasteiger partial charge is 0.295 e. The highest BCUT2D eigenvalue weighted by Crippen LogP contribution is 2.32. The summed E-state index contributed by atoms with van der Waals surface area (Å²) < 4.78 is 1.08. The molecule has 1 heterocycles. The zero-order chi connectivity index (χ0) is 9.42. The van der Waals surface area contributed by atoms with Crippen molar-refractivity contribution < 1.29 is 0 Å². The number of fused-ring (bicyclic) bond motifs is 1. The number of hydrogen-bond donors (Lipinski definition) is 0. The molecule has 1 aromatic carbocycles. The molecule has 13 heavy (non-hydrogen) atoms. The monoisotopic (exact) mass is 259 g/mol. The van der Waals surface area contributed by atoms with Crippen LogP contribution >= 0.6 is 27.5 Å². The predicted octanol–water partition coefficient (Wildman–Crippen LogP) is 3.44. The Bertz CT molecular complexity index is 338. The Morgan fingerprint density at radius 2 is 2.23 bits per heavy atom. The Balaban J connectivity index is 2.40. The van der Waals surface area contributed by atoms with E-state index in [0.29, 0.717) is 0 Å². The minimum Gasteiger partial charge on any atom is -0.295 e. The molecule has 0 aliphatic carbocycles. The molecule has 1 aliphatic heterocycles. The van der Waals surface area contributed by atoms with E-state index in [1.54, 1.807) is 0 Å². The molecule has 0 saturated carbocycles. The summed E-state index contributed by atoms with van der Waals surface area (Å²) >= 11 is 9.60. The summed E-state index contributed by atoms with van der Waals surface area (Å²) in [4.78, 5) is 2.38. The van der Waals surface area contributed by atoms with Gasteiger partial charge in [0, 0.05) is 22.6 Å². The molecule has 0 radical (unpaired) electrons. The van der Waals surface area contributed by atoms with E-state index in [2.05, 4.69) is 33.8 Å². The lowest BCUT2D eigenvalue weighted by Crippen LogP contribution is -2.14. The maximum atomic E-state index is 6.14. The van der Waals surface area contributed by atoms with Gasteiger partial charge in [-0.3, -0.25) is 4.90 Å². The van der Waals surface area contributed by atoms with Crippen LogP contribution in [0.4, 0.5) is 0 Å². The smallest absolute Gasteiger partial charge is 0.0465 e. The number of nitrogens with zero attached hydrogens (tertiary/aromatic N) is 1. The Kier molecular flexibility index (Phi) is 2.63. The van der Waals surface area contributed by atoms with Crippen LogP contribution in [0.15, 0.2) is 16.6 Å². The summed E-state index contributed by atoms with van der Waals surface area (Å²) in [6.07, 6.45) is 0. The van der Waals surface area contributed by atoms with Crippen LogP contribution in [-0.4, -0.2) is 11.4 Å². The van der Waals surface area contributed by atoms with E-state index in [1.807, 2.05) is 6.07 Å². The highest BCUT2D eigenvalue weighted by molar-refractivity contribution is 9.10. The molecule has 0 N–H and O–H groups in total. The first kappa shape index (κ1) is 9.50. The highest BCUT2D eigenvalue weighted by Gasteiger charge is 2.20. The second-order valence-electron chi connectivity index (χ2n) is 3.33. The van der Waals surface area contributed by atoms with Crippen molar-refractivity contribution in [2.24, 2.45) is 0 Å². The molecule has 0 spiro atoms. The van der Waals surface area contributed by atoms with Gasteiger partial charge in [-0.15, -0.1) is 0 Å². The SMILES string of the molecule is CCN1Cc2cc(Br)cc(Cl)c2C1. The molecule has 0 fully saturated rings. The molecule has 1 aromatic rings.